The Morgan fingerprint density at radius 3 is 2.89 bits per heavy atom. The lowest BCUT2D eigenvalue weighted by molar-refractivity contribution is -0.139. The molecule has 1 atom stereocenters. The van der Waals surface area contributed by atoms with Crippen molar-refractivity contribution in [3.8, 4) is 0 Å². The van der Waals surface area contributed by atoms with Crippen LogP contribution in [0.3, 0.4) is 0 Å². The maximum absolute atomic E-state index is 11.5. The number of hydrogen-bond donors (Lipinski definition) is 0. The summed E-state index contributed by atoms with van der Waals surface area (Å²) in [4.78, 5) is 11.5. The van der Waals surface area contributed by atoms with Crippen LogP contribution in [0.4, 0.5) is 0 Å². The van der Waals surface area contributed by atoms with Crippen LogP contribution in [0.25, 0.3) is 0 Å². The molecular formula is C14H16O4. The number of rotatable bonds is 4. The molecule has 0 unspecified atom stereocenters. The van der Waals surface area contributed by atoms with Crippen molar-refractivity contribution >= 4 is 5.97 Å². The van der Waals surface area contributed by atoms with Gasteiger partial charge in [-0.3, -0.25) is 0 Å². The molecular weight excluding hydrogens is 232 g/mol. The summed E-state index contributed by atoms with van der Waals surface area (Å²) in [5, 5.41) is 0. The second-order valence-corrected chi connectivity index (χ2v) is 4.08. The molecule has 0 radical (unpaired) electrons. The molecule has 0 aliphatic carbocycles. The molecule has 0 amide bonds. The monoisotopic (exact) mass is 248 g/mol. The normalized spacial score (nSPS) is 20.7. The van der Waals surface area contributed by atoms with E-state index in [1.807, 2.05) is 30.3 Å². The van der Waals surface area contributed by atoms with E-state index in [2.05, 4.69) is 0 Å². The summed E-state index contributed by atoms with van der Waals surface area (Å²) in [6, 6.07) is 9.56. The van der Waals surface area contributed by atoms with Gasteiger partial charge in [-0.2, -0.15) is 0 Å². The fourth-order valence-electron chi connectivity index (χ4n) is 1.70. The number of carbonyl (C=O) groups is 1. The molecule has 0 N–H and O–H groups in total. The Kier molecular flexibility index (Phi) is 4.36. The predicted octanol–water partition coefficient (Wildman–Crippen LogP) is 2.05. The van der Waals surface area contributed by atoms with E-state index in [9.17, 15) is 4.79 Å². The van der Waals surface area contributed by atoms with Gasteiger partial charge < -0.3 is 14.2 Å². The van der Waals surface area contributed by atoms with E-state index in [0.29, 0.717) is 18.8 Å². The molecule has 2 rings (SSSR count). The minimum atomic E-state index is -0.384. The first-order valence-corrected chi connectivity index (χ1v) is 5.85. The van der Waals surface area contributed by atoms with Crippen molar-refractivity contribution in [2.75, 3.05) is 13.7 Å². The minimum absolute atomic E-state index is 0.0400. The van der Waals surface area contributed by atoms with E-state index in [-0.39, 0.29) is 18.7 Å². The highest BCUT2D eigenvalue weighted by Gasteiger charge is 2.21. The molecule has 1 aliphatic rings. The summed E-state index contributed by atoms with van der Waals surface area (Å²) in [5.74, 6) is 0.241. The minimum Gasteiger partial charge on any atom is -0.495 e. The smallest absolute Gasteiger partial charge is 0.334 e. The van der Waals surface area contributed by atoms with Gasteiger partial charge in [0.1, 0.15) is 19.0 Å². The first kappa shape index (κ1) is 12.6. The van der Waals surface area contributed by atoms with Crippen LogP contribution < -0.4 is 0 Å². The first-order valence-electron chi connectivity index (χ1n) is 5.85. The van der Waals surface area contributed by atoms with Crippen LogP contribution in [-0.4, -0.2) is 25.8 Å². The Morgan fingerprint density at radius 2 is 2.22 bits per heavy atom. The van der Waals surface area contributed by atoms with Crippen LogP contribution in [0.2, 0.25) is 0 Å². The van der Waals surface area contributed by atoms with Gasteiger partial charge >= 0.3 is 5.97 Å². The molecule has 0 spiro atoms. The summed E-state index contributed by atoms with van der Waals surface area (Å²) in [5.41, 5.74) is 0.964. The van der Waals surface area contributed by atoms with Gasteiger partial charge in [0.2, 0.25) is 0 Å². The summed E-state index contributed by atoms with van der Waals surface area (Å²) < 4.78 is 15.6. The van der Waals surface area contributed by atoms with Crippen LogP contribution in [0.1, 0.15) is 12.0 Å². The summed E-state index contributed by atoms with van der Waals surface area (Å²) in [6.07, 6.45) is 2.05. The van der Waals surface area contributed by atoms with Crippen molar-refractivity contribution < 1.29 is 19.0 Å². The van der Waals surface area contributed by atoms with E-state index in [1.165, 1.54) is 6.08 Å². The summed E-state index contributed by atoms with van der Waals surface area (Å²) in [6.45, 7) is 0.769. The molecule has 96 valence electrons. The highest BCUT2D eigenvalue weighted by atomic mass is 16.5. The van der Waals surface area contributed by atoms with Crippen LogP contribution in [0, 0.1) is 0 Å². The predicted molar refractivity (Wildman–Crippen MR) is 65.7 cm³/mol. The average Bonchev–Trinajstić information content (AvgIpc) is 2.85. The van der Waals surface area contributed by atoms with Gasteiger partial charge in [0.05, 0.1) is 12.2 Å². The molecule has 4 heteroatoms. The number of hydrogen-bond acceptors (Lipinski definition) is 4. The Hall–Kier alpha value is -1.81. The SMILES string of the molecule is CO[C@@H]1CO/C(=C/C(=O)OCc2ccccc2)C1. The van der Waals surface area contributed by atoms with Crippen LogP contribution in [0.15, 0.2) is 42.2 Å². The lowest BCUT2D eigenvalue weighted by Crippen LogP contribution is -2.08. The molecule has 0 aromatic heterocycles. The van der Waals surface area contributed by atoms with Gasteiger partial charge in [-0.25, -0.2) is 4.79 Å². The second kappa shape index (κ2) is 6.21. The molecule has 1 fully saturated rings. The number of esters is 1. The standard InChI is InChI=1S/C14H16O4/c1-16-13-7-12(17-10-13)8-14(15)18-9-11-5-3-2-4-6-11/h2-6,8,13H,7,9-10H2,1H3/b12-8+/t13-/m0/s1. The average molecular weight is 248 g/mol. The third-order valence-corrected chi connectivity index (χ3v) is 2.72. The zero-order chi connectivity index (χ0) is 12.8. The van der Waals surface area contributed by atoms with E-state index in [1.54, 1.807) is 7.11 Å². The maximum Gasteiger partial charge on any atom is 0.334 e. The number of ether oxygens (including phenoxy) is 3. The highest BCUT2D eigenvalue weighted by Crippen LogP contribution is 2.19. The molecule has 1 aliphatic heterocycles. The molecule has 1 aromatic carbocycles. The molecule has 0 bridgehead atoms. The van der Waals surface area contributed by atoms with Crippen molar-refractivity contribution in [3.63, 3.8) is 0 Å². The van der Waals surface area contributed by atoms with Gasteiger partial charge in [0, 0.05) is 13.5 Å². The van der Waals surface area contributed by atoms with Crippen molar-refractivity contribution in [2.24, 2.45) is 0 Å². The topological polar surface area (TPSA) is 44.8 Å². The third kappa shape index (κ3) is 3.60. The summed E-state index contributed by atoms with van der Waals surface area (Å²) >= 11 is 0. The molecule has 4 nitrogen and oxygen atoms in total. The van der Waals surface area contributed by atoms with E-state index < -0.39 is 0 Å². The van der Waals surface area contributed by atoms with Crippen molar-refractivity contribution in [1.82, 2.24) is 0 Å². The molecule has 1 aromatic rings. The fourth-order valence-corrected chi connectivity index (χ4v) is 1.70. The quantitative estimate of drug-likeness (QED) is 0.604. The van der Waals surface area contributed by atoms with E-state index in [4.69, 9.17) is 14.2 Å². The second-order valence-electron chi connectivity index (χ2n) is 4.08. The molecule has 18 heavy (non-hydrogen) atoms. The fraction of sp³-hybridized carbons (Fsp3) is 0.357. The van der Waals surface area contributed by atoms with Crippen LogP contribution >= 0.6 is 0 Å². The Morgan fingerprint density at radius 1 is 1.44 bits per heavy atom. The highest BCUT2D eigenvalue weighted by molar-refractivity contribution is 5.82. The number of carbonyl (C=O) groups excluding carboxylic acids is 1. The van der Waals surface area contributed by atoms with Gasteiger partial charge in [-0.15, -0.1) is 0 Å². The third-order valence-electron chi connectivity index (χ3n) is 2.72. The van der Waals surface area contributed by atoms with Gasteiger partial charge in [-0.1, -0.05) is 30.3 Å². The Balaban J connectivity index is 1.81. The molecule has 0 saturated carbocycles. The van der Waals surface area contributed by atoms with Crippen LogP contribution in [0.5, 0.6) is 0 Å². The van der Waals surface area contributed by atoms with Crippen molar-refractivity contribution in [3.05, 3.63) is 47.7 Å². The summed E-state index contributed by atoms with van der Waals surface area (Å²) in [7, 11) is 1.63. The van der Waals surface area contributed by atoms with Crippen molar-refractivity contribution in [1.29, 1.82) is 0 Å². The number of methoxy groups -OCH3 is 1. The maximum atomic E-state index is 11.5. The lowest BCUT2D eigenvalue weighted by atomic mass is 10.2. The Bertz CT molecular complexity index is 425. The molecule has 1 saturated heterocycles. The first-order chi connectivity index (χ1) is 8.78. The van der Waals surface area contributed by atoms with Crippen LogP contribution in [-0.2, 0) is 25.6 Å². The largest absolute Gasteiger partial charge is 0.495 e. The zero-order valence-corrected chi connectivity index (χ0v) is 10.3. The van der Waals surface area contributed by atoms with E-state index in [0.717, 1.165) is 5.56 Å². The van der Waals surface area contributed by atoms with Gasteiger partial charge in [0.15, 0.2) is 0 Å². The molecule has 1 heterocycles. The lowest BCUT2D eigenvalue weighted by Gasteiger charge is -2.02. The van der Waals surface area contributed by atoms with E-state index >= 15 is 0 Å². The Labute approximate surface area is 106 Å². The zero-order valence-electron chi connectivity index (χ0n) is 10.3. The van der Waals surface area contributed by atoms with Crippen molar-refractivity contribution in [2.45, 2.75) is 19.1 Å². The van der Waals surface area contributed by atoms with Gasteiger partial charge in [-0.05, 0) is 5.56 Å². The number of benzene rings is 1. The van der Waals surface area contributed by atoms with Gasteiger partial charge in [0.25, 0.3) is 0 Å².